The molecule has 0 spiro atoms. The third kappa shape index (κ3) is 7.86. The monoisotopic (exact) mass is 758 g/mol. The topological polar surface area (TPSA) is 133 Å². The molecule has 11 nitrogen and oxygen atoms in total. The molecule has 0 unspecified atom stereocenters. The van der Waals surface area contributed by atoms with Gasteiger partial charge in [0.25, 0.3) is 0 Å². The summed E-state index contributed by atoms with van der Waals surface area (Å²) in [7, 11) is 3.30. The highest BCUT2D eigenvalue weighted by Gasteiger charge is 2.25. The summed E-state index contributed by atoms with van der Waals surface area (Å²) in [6.07, 6.45) is 4.88. The van der Waals surface area contributed by atoms with Gasteiger partial charge in [-0.3, -0.25) is 14.5 Å². The molecule has 0 aliphatic carbocycles. The second kappa shape index (κ2) is 16.1. The molecule has 2 saturated heterocycles. The number of fused-ring (bicyclic) bond motifs is 1. The number of halogens is 2. The van der Waals surface area contributed by atoms with Crippen LogP contribution in [0.5, 0.6) is 5.88 Å². The van der Waals surface area contributed by atoms with Gasteiger partial charge in [0.05, 0.1) is 39.8 Å². The minimum atomic E-state index is 0.0778. The second-order valence-corrected chi connectivity index (χ2v) is 14.9. The Morgan fingerprint density at radius 2 is 1.77 bits per heavy atom. The van der Waals surface area contributed by atoms with E-state index in [4.69, 9.17) is 37.9 Å². The van der Waals surface area contributed by atoms with Crippen LogP contribution in [0.2, 0.25) is 10.0 Å². The summed E-state index contributed by atoms with van der Waals surface area (Å²) in [4.78, 5) is 40.3. The van der Waals surface area contributed by atoms with Gasteiger partial charge in [0, 0.05) is 67.0 Å². The Kier molecular flexibility index (Phi) is 11.2. The highest BCUT2D eigenvalue weighted by atomic mass is 35.5. The van der Waals surface area contributed by atoms with Crippen LogP contribution >= 0.6 is 34.5 Å². The van der Waals surface area contributed by atoms with Crippen molar-refractivity contribution in [2.75, 3.05) is 39.1 Å². The van der Waals surface area contributed by atoms with Crippen molar-refractivity contribution in [1.29, 1.82) is 0 Å². The Balaban J connectivity index is 1.08. The third-order valence-electron chi connectivity index (χ3n) is 9.66. The van der Waals surface area contributed by atoms with E-state index in [0.717, 1.165) is 76.4 Å². The molecule has 5 heterocycles. The van der Waals surface area contributed by atoms with E-state index >= 15 is 0 Å². The summed E-state index contributed by atoms with van der Waals surface area (Å²) < 4.78 is 6.69. The van der Waals surface area contributed by atoms with Gasteiger partial charge in [0.2, 0.25) is 17.7 Å². The van der Waals surface area contributed by atoms with Crippen LogP contribution in [0.15, 0.2) is 60.8 Å². The van der Waals surface area contributed by atoms with Gasteiger partial charge in [-0.15, -0.1) is 11.3 Å². The lowest BCUT2D eigenvalue weighted by Crippen LogP contribution is -2.39. The molecule has 2 fully saturated rings. The molecule has 0 saturated carbocycles. The number of aromatic nitrogens is 3. The molecule has 4 N–H and O–H groups in total. The van der Waals surface area contributed by atoms with Crippen LogP contribution in [-0.4, -0.2) is 71.5 Å². The normalized spacial score (nSPS) is 16.6. The lowest BCUT2D eigenvalue weighted by atomic mass is 9.96. The summed E-state index contributed by atoms with van der Waals surface area (Å²) in [6, 6.07) is 17.6. The molecule has 5 aromatic rings. The maximum absolute atomic E-state index is 12.1. The zero-order valence-electron chi connectivity index (χ0n) is 29.0. The number of nitrogens with one attached hydrogen (secondary N) is 4. The number of ether oxygens (including phenoxy) is 1. The SMILES string of the molecule is CNC(=O)C1CCN(Cc2nc3c(Nc4cccc(-c5cccc(-c6ccc(CNC[C@H]7CCC(=O)N7)c(OC)n6)c5Cl)c4Cl)nccc3s2)CC1. The number of pyridine rings is 2. The predicted molar refractivity (Wildman–Crippen MR) is 207 cm³/mol. The van der Waals surface area contributed by atoms with E-state index in [1.54, 1.807) is 31.7 Å². The number of piperidine rings is 1. The van der Waals surface area contributed by atoms with E-state index in [9.17, 15) is 9.59 Å². The average molecular weight is 760 g/mol. The van der Waals surface area contributed by atoms with E-state index in [1.165, 1.54) is 0 Å². The number of amides is 2. The Bertz CT molecular complexity index is 2100. The summed E-state index contributed by atoms with van der Waals surface area (Å²) >= 11 is 15.9. The van der Waals surface area contributed by atoms with Gasteiger partial charge in [-0.05, 0) is 50.6 Å². The van der Waals surface area contributed by atoms with Crippen molar-refractivity contribution in [3.05, 3.63) is 81.4 Å². The number of carbonyl (C=O) groups excluding carboxylic acids is 2. The number of benzene rings is 2. The number of carbonyl (C=O) groups is 2. The summed E-state index contributed by atoms with van der Waals surface area (Å²) in [5, 5.41) is 14.6. The van der Waals surface area contributed by atoms with Gasteiger partial charge in [0.15, 0.2) is 5.82 Å². The average Bonchev–Trinajstić information content (AvgIpc) is 3.78. The first-order valence-corrected chi connectivity index (χ1v) is 19.0. The zero-order valence-corrected chi connectivity index (χ0v) is 31.3. The van der Waals surface area contributed by atoms with Gasteiger partial charge in [0.1, 0.15) is 10.5 Å². The molecule has 52 heavy (non-hydrogen) atoms. The van der Waals surface area contributed by atoms with Crippen LogP contribution < -0.4 is 26.0 Å². The Morgan fingerprint density at radius 1 is 1.00 bits per heavy atom. The Labute approximate surface area is 316 Å². The first kappa shape index (κ1) is 36.0. The van der Waals surface area contributed by atoms with Crippen LogP contribution in [0.3, 0.4) is 0 Å². The molecule has 7 rings (SSSR count). The molecular weight excluding hydrogens is 719 g/mol. The molecule has 1 atom stereocenters. The fourth-order valence-electron chi connectivity index (χ4n) is 6.85. The fraction of sp³-hybridized carbons (Fsp3) is 0.342. The van der Waals surface area contributed by atoms with E-state index in [1.807, 2.05) is 54.6 Å². The molecule has 3 aromatic heterocycles. The van der Waals surface area contributed by atoms with Crippen molar-refractivity contribution in [1.82, 2.24) is 35.8 Å². The smallest absolute Gasteiger partial charge is 0.222 e. The number of hydrogen-bond donors (Lipinski definition) is 4. The lowest BCUT2D eigenvalue weighted by Gasteiger charge is -2.30. The van der Waals surface area contributed by atoms with E-state index < -0.39 is 0 Å². The van der Waals surface area contributed by atoms with Gasteiger partial charge in [-0.1, -0.05) is 59.6 Å². The molecule has 2 aromatic carbocycles. The molecule has 0 radical (unpaired) electrons. The van der Waals surface area contributed by atoms with Gasteiger partial charge in [-0.2, -0.15) is 0 Å². The number of methoxy groups -OCH3 is 1. The van der Waals surface area contributed by atoms with Crippen molar-refractivity contribution in [2.24, 2.45) is 5.92 Å². The number of thiazole rings is 1. The van der Waals surface area contributed by atoms with Crippen LogP contribution in [0.4, 0.5) is 11.5 Å². The van der Waals surface area contributed by atoms with Gasteiger partial charge in [-0.25, -0.2) is 15.0 Å². The number of rotatable bonds is 12. The first-order chi connectivity index (χ1) is 25.3. The molecule has 270 valence electrons. The number of anilines is 2. The second-order valence-electron chi connectivity index (χ2n) is 13.0. The molecule has 2 amide bonds. The lowest BCUT2D eigenvalue weighted by molar-refractivity contribution is -0.126. The van der Waals surface area contributed by atoms with Crippen LogP contribution in [0.1, 0.15) is 36.3 Å². The van der Waals surface area contributed by atoms with E-state index in [2.05, 4.69) is 31.2 Å². The summed E-state index contributed by atoms with van der Waals surface area (Å²) in [5.74, 6) is 1.43. The van der Waals surface area contributed by atoms with Crippen LogP contribution in [0.25, 0.3) is 32.6 Å². The standard InChI is InChI=1S/C38H40Cl2N8O3S/c1-41-37(50)22-14-17-48(18-15-22)21-32-47-35-30(52-32)13-16-43-36(35)45-29-8-4-6-26(34(29)40)25-5-3-7-27(33(25)39)28-11-9-23(38(46-28)51-2)19-42-20-24-10-12-31(49)44-24/h3-9,11,13,16,22,24,42H,10,12,14-15,17-21H2,1-2H3,(H,41,50)(H,43,45)(H,44,49)/t24-/m1/s1. The Hall–Kier alpha value is -4.33. The number of likely N-dealkylation sites (tertiary alicyclic amines) is 1. The largest absolute Gasteiger partial charge is 0.481 e. The van der Waals surface area contributed by atoms with Crippen molar-refractivity contribution >= 4 is 68.1 Å². The zero-order chi connectivity index (χ0) is 36.2. The summed E-state index contributed by atoms with van der Waals surface area (Å²) in [5.41, 5.74) is 5.32. The molecular formula is C38H40Cl2N8O3S. The molecule has 14 heteroatoms. The first-order valence-electron chi connectivity index (χ1n) is 17.4. The van der Waals surface area contributed by atoms with E-state index in [-0.39, 0.29) is 23.8 Å². The minimum absolute atomic E-state index is 0.0778. The molecule has 0 bridgehead atoms. The fourth-order valence-corrected chi connectivity index (χ4v) is 8.46. The highest BCUT2D eigenvalue weighted by Crippen LogP contribution is 2.42. The third-order valence-corrected chi connectivity index (χ3v) is 11.5. The van der Waals surface area contributed by atoms with Crippen LogP contribution in [-0.2, 0) is 22.7 Å². The maximum atomic E-state index is 12.1. The quantitative estimate of drug-likeness (QED) is 0.108. The highest BCUT2D eigenvalue weighted by molar-refractivity contribution is 7.18. The van der Waals surface area contributed by atoms with Crippen LogP contribution in [0, 0.1) is 5.92 Å². The molecule has 2 aliphatic rings. The van der Waals surface area contributed by atoms with Crippen molar-refractivity contribution < 1.29 is 14.3 Å². The van der Waals surface area contributed by atoms with Crippen molar-refractivity contribution in [3.8, 4) is 28.3 Å². The minimum Gasteiger partial charge on any atom is -0.481 e. The predicted octanol–water partition coefficient (Wildman–Crippen LogP) is 6.81. The molecule has 2 aliphatic heterocycles. The Morgan fingerprint density at radius 3 is 2.52 bits per heavy atom. The summed E-state index contributed by atoms with van der Waals surface area (Å²) in [6.45, 7) is 3.68. The van der Waals surface area contributed by atoms with Crippen molar-refractivity contribution in [2.45, 2.75) is 44.8 Å². The van der Waals surface area contributed by atoms with E-state index in [0.29, 0.717) is 52.6 Å². The number of nitrogens with zero attached hydrogens (tertiary/aromatic N) is 4. The van der Waals surface area contributed by atoms with Crippen molar-refractivity contribution in [3.63, 3.8) is 0 Å². The maximum Gasteiger partial charge on any atom is 0.222 e. The van der Waals surface area contributed by atoms with Gasteiger partial charge >= 0.3 is 0 Å². The number of hydrogen-bond acceptors (Lipinski definition) is 10. The van der Waals surface area contributed by atoms with Gasteiger partial charge < -0.3 is 26.0 Å².